The number of hydrogen-bond acceptors (Lipinski definition) is 4. The van der Waals surface area contributed by atoms with Crippen molar-refractivity contribution in [2.45, 2.75) is 32.2 Å². The molecule has 0 unspecified atom stereocenters. The molecule has 0 bridgehead atoms. The maximum atomic E-state index is 14.1. The summed E-state index contributed by atoms with van der Waals surface area (Å²) in [6, 6.07) is 28.5. The van der Waals surface area contributed by atoms with E-state index in [0.29, 0.717) is 5.69 Å². The van der Waals surface area contributed by atoms with Crippen molar-refractivity contribution in [3.8, 4) is 11.1 Å². The number of aromatic amines is 1. The maximum absolute atomic E-state index is 14.1. The molecule has 0 saturated carbocycles. The third kappa shape index (κ3) is 5.57. The normalized spacial score (nSPS) is 11.9. The van der Waals surface area contributed by atoms with Gasteiger partial charge in [0, 0.05) is 36.8 Å². The van der Waals surface area contributed by atoms with Crippen molar-refractivity contribution < 1.29 is 9.59 Å². The zero-order valence-electron chi connectivity index (χ0n) is 22.3. The lowest BCUT2D eigenvalue weighted by Gasteiger charge is -2.28. The Kier molecular flexibility index (Phi) is 7.50. The molecule has 0 fully saturated rings. The van der Waals surface area contributed by atoms with Gasteiger partial charge < -0.3 is 5.32 Å². The molecule has 2 aromatic heterocycles. The molecule has 7 nitrogen and oxygen atoms in total. The van der Waals surface area contributed by atoms with Gasteiger partial charge in [-0.2, -0.15) is 10.2 Å². The zero-order valence-corrected chi connectivity index (χ0v) is 22.3. The fourth-order valence-electron chi connectivity index (χ4n) is 5.14. The molecule has 2 heterocycles. The van der Waals surface area contributed by atoms with Crippen LogP contribution in [0.15, 0.2) is 97.2 Å². The van der Waals surface area contributed by atoms with Gasteiger partial charge in [-0.05, 0) is 42.2 Å². The SMILES string of the molecule is Cc1n[nH]c(C)c1-c1ccc(CC(=O)[C@@H](NC(=O)c2ccnn2C)C(c2ccccc2)c2ccccc2)cc1. The van der Waals surface area contributed by atoms with Crippen LogP contribution in [0.4, 0.5) is 0 Å². The molecule has 5 aromatic rings. The minimum absolute atomic E-state index is 0.0772. The highest BCUT2D eigenvalue weighted by Gasteiger charge is 2.33. The molecule has 0 aliphatic carbocycles. The zero-order chi connectivity index (χ0) is 27.4. The first-order chi connectivity index (χ1) is 18.9. The second kappa shape index (κ2) is 11.3. The smallest absolute Gasteiger partial charge is 0.270 e. The highest BCUT2D eigenvalue weighted by atomic mass is 16.2. The fourth-order valence-corrected chi connectivity index (χ4v) is 5.14. The summed E-state index contributed by atoms with van der Waals surface area (Å²) in [4.78, 5) is 27.4. The highest BCUT2D eigenvalue weighted by Crippen LogP contribution is 2.30. The van der Waals surface area contributed by atoms with Crippen LogP contribution in [0.3, 0.4) is 0 Å². The van der Waals surface area contributed by atoms with E-state index < -0.39 is 6.04 Å². The Labute approximate surface area is 227 Å². The van der Waals surface area contributed by atoms with Crippen LogP contribution in [0, 0.1) is 13.8 Å². The number of carbonyl (C=O) groups excluding carboxylic acids is 2. The Morgan fingerprint density at radius 1 is 0.872 bits per heavy atom. The maximum Gasteiger partial charge on any atom is 0.270 e. The van der Waals surface area contributed by atoms with Crippen molar-refractivity contribution in [2.75, 3.05) is 0 Å². The molecule has 1 atom stereocenters. The summed E-state index contributed by atoms with van der Waals surface area (Å²) < 4.78 is 1.51. The molecule has 196 valence electrons. The molecule has 0 saturated heterocycles. The van der Waals surface area contributed by atoms with Crippen molar-refractivity contribution in [3.05, 3.63) is 131 Å². The molecule has 0 spiro atoms. The third-order valence-corrected chi connectivity index (χ3v) is 7.09. The van der Waals surface area contributed by atoms with Crippen molar-refractivity contribution in [1.29, 1.82) is 0 Å². The highest BCUT2D eigenvalue weighted by molar-refractivity contribution is 5.98. The van der Waals surface area contributed by atoms with Gasteiger partial charge in [0.1, 0.15) is 5.69 Å². The van der Waals surface area contributed by atoms with Gasteiger partial charge in [0.15, 0.2) is 5.78 Å². The molecule has 7 heteroatoms. The van der Waals surface area contributed by atoms with Gasteiger partial charge in [-0.1, -0.05) is 84.9 Å². The first kappa shape index (κ1) is 25.9. The predicted octanol–water partition coefficient (Wildman–Crippen LogP) is 5.17. The molecule has 2 N–H and O–H groups in total. The first-order valence-electron chi connectivity index (χ1n) is 12.9. The van der Waals surface area contributed by atoms with E-state index in [0.717, 1.165) is 39.2 Å². The van der Waals surface area contributed by atoms with E-state index in [1.807, 2.05) is 98.8 Å². The summed E-state index contributed by atoms with van der Waals surface area (Å²) in [6.45, 7) is 3.97. The van der Waals surface area contributed by atoms with Gasteiger partial charge in [-0.15, -0.1) is 0 Å². The number of carbonyl (C=O) groups is 2. The van der Waals surface area contributed by atoms with Gasteiger partial charge in [-0.25, -0.2) is 0 Å². The lowest BCUT2D eigenvalue weighted by molar-refractivity contribution is -0.120. The van der Waals surface area contributed by atoms with Crippen LogP contribution in [0.2, 0.25) is 0 Å². The van der Waals surface area contributed by atoms with Crippen LogP contribution >= 0.6 is 0 Å². The molecule has 0 aliphatic rings. The Morgan fingerprint density at radius 2 is 1.49 bits per heavy atom. The number of rotatable bonds is 9. The lowest BCUT2D eigenvalue weighted by atomic mass is 9.81. The van der Waals surface area contributed by atoms with Gasteiger partial charge >= 0.3 is 0 Å². The number of benzene rings is 3. The summed E-state index contributed by atoms with van der Waals surface area (Å²) in [5, 5.41) is 14.5. The summed E-state index contributed by atoms with van der Waals surface area (Å²) in [7, 11) is 1.71. The van der Waals surface area contributed by atoms with Crippen LogP contribution in [-0.2, 0) is 18.3 Å². The molecule has 1 amide bonds. The van der Waals surface area contributed by atoms with E-state index in [1.165, 1.54) is 4.68 Å². The van der Waals surface area contributed by atoms with E-state index in [4.69, 9.17) is 0 Å². The lowest BCUT2D eigenvalue weighted by Crippen LogP contribution is -2.46. The van der Waals surface area contributed by atoms with Gasteiger partial charge in [0.25, 0.3) is 5.91 Å². The number of aryl methyl sites for hydroxylation is 3. The minimum Gasteiger partial charge on any atom is -0.340 e. The molecular weight excluding hydrogens is 486 g/mol. The topological polar surface area (TPSA) is 92.7 Å². The monoisotopic (exact) mass is 517 g/mol. The standard InChI is InChI=1S/C32H31N5O2/c1-21-29(22(2)36-35-21)26-16-14-23(15-17-26)20-28(38)31(34-32(39)27-18-19-33-37(27)3)30(24-10-6-4-7-11-24)25-12-8-5-9-13-25/h4-19,30-31H,20H2,1-3H3,(H,34,39)(H,35,36)/t31-/m1/s1. The van der Waals surface area contributed by atoms with Gasteiger partial charge in [0.2, 0.25) is 0 Å². The molecule has 3 aromatic carbocycles. The van der Waals surface area contributed by atoms with E-state index in [2.05, 4.69) is 20.6 Å². The average Bonchev–Trinajstić information content (AvgIpc) is 3.54. The van der Waals surface area contributed by atoms with Gasteiger partial charge in [0.05, 0.1) is 11.7 Å². The van der Waals surface area contributed by atoms with E-state index in [1.54, 1.807) is 19.3 Å². The molecule has 0 aliphatic heterocycles. The van der Waals surface area contributed by atoms with Crippen LogP contribution in [0.25, 0.3) is 11.1 Å². The molecule has 39 heavy (non-hydrogen) atoms. The summed E-state index contributed by atoms with van der Waals surface area (Å²) in [5.74, 6) is -0.786. The van der Waals surface area contributed by atoms with Crippen LogP contribution in [0.5, 0.6) is 0 Å². The largest absolute Gasteiger partial charge is 0.340 e. The minimum atomic E-state index is -0.796. The average molecular weight is 518 g/mol. The van der Waals surface area contributed by atoms with Crippen LogP contribution in [0.1, 0.15) is 44.5 Å². The third-order valence-electron chi connectivity index (χ3n) is 7.09. The quantitative estimate of drug-likeness (QED) is 0.282. The number of H-pyrrole nitrogens is 1. The number of hydrogen-bond donors (Lipinski definition) is 2. The number of aromatic nitrogens is 4. The Bertz CT molecular complexity index is 1510. The Hall–Kier alpha value is -4.78. The number of amides is 1. The van der Waals surface area contributed by atoms with E-state index in [9.17, 15) is 9.59 Å². The number of ketones is 1. The number of nitrogens with zero attached hydrogens (tertiary/aromatic N) is 3. The van der Waals surface area contributed by atoms with Crippen LogP contribution < -0.4 is 5.32 Å². The summed E-state index contributed by atoms with van der Waals surface area (Å²) in [6.07, 6.45) is 1.75. The van der Waals surface area contributed by atoms with Crippen molar-refractivity contribution in [3.63, 3.8) is 0 Å². The van der Waals surface area contributed by atoms with Crippen molar-refractivity contribution in [2.24, 2.45) is 7.05 Å². The second-order valence-electron chi connectivity index (χ2n) is 9.74. The van der Waals surface area contributed by atoms with Crippen molar-refractivity contribution >= 4 is 11.7 Å². The van der Waals surface area contributed by atoms with Crippen LogP contribution in [-0.4, -0.2) is 37.7 Å². The molecular formula is C32H31N5O2. The van der Waals surface area contributed by atoms with Gasteiger partial charge in [-0.3, -0.25) is 19.4 Å². The Morgan fingerprint density at radius 3 is 2.00 bits per heavy atom. The first-order valence-corrected chi connectivity index (χ1v) is 12.9. The number of Topliss-reactive ketones (excluding diaryl/α,β-unsaturated/α-hetero) is 1. The summed E-state index contributed by atoms with van der Waals surface area (Å²) >= 11 is 0. The fraction of sp³-hybridized carbons (Fsp3) is 0.188. The molecule has 5 rings (SSSR count). The summed E-state index contributed by atoms with van der Waals surface area (Å²) in [5.41, 5.74) is 7.22. The predicted molar refractivity (Wildman–Crippen MR) is 151 cm³/mol. The Balaban J connectivity index is 1.49. The van der Waals surface area contributed by atoms with E-state index >= 15 is 0 Å². The second-order valence-corrected chi connectivity index (χ2v) is 9.74. The molecule has 0 radical (unpaired) electrons. The van der Waals surface area contributed by atoms with E-state index in [-0.39, 0.29) is 24.0 Å². The number of nitrogens with one attached hydrogen (secondary N) is 2. The van der Waals surface area contributed by atoms with Crippen molar-refractivity contribution in [1.82, 2.24) is 25.3 Å².